The van der Waals surface area contributed by atoms with Crippen LogP contribution in [0.25, 0.3) is 45.2 Å². The van der Waals surface area contributed by atoms with Crippen molar-refractivity contribution in [2.45, 2.75) is 72.1 Å². The number of aromatic nitrogens is 4. The Morgan fingerprint density at radius 1 is 1.02 bits per heavy atom. The highest BCUT2D eigenvalue weighted by molar-refractivity contribution is 6.02. The second-order valence-corrected chi connectivity index (χ2v) is 11.3. The first-order chi connectivity index (χ1) is 19.7. The van der Waals surface area contributed by atoms with E-state index in [0.29, 0.717) is 6.42 Å². The van der Waals surface area contributed by atoms with E-state index in [0.717, 1.165) is 91.4 Å². The Morgan fingerprint density at radius 2 is 1.76 bits per heavy atom. The van der Waals surface area contributed by atoms with E-state index in [2.05, 4.69) is 69.4 Å². The average Bonchev–Trinajstić information content (AvgIpc) is 3.69. The van der Waals surface area contributed by atoms with Gasteiger partial charge in [-0.25, -0.2) is 9.97 Å². The van der Waals surface area contributed by atoms with Crippen LogP contribution in [-0.2, 0) is 11.2 Å². The van der Waals surface area contributed by atoms with E-state index in [4.69, 9.17) is 9.97 Å². The zero-order valence-electron chi connectivity index (χ0n) is 24.3. The smallest absolute Gasteiger partial charge is 0.303 e. The fraction of sp³-hybridized carbons (Fsp3) is 0.324. The molecule has 0 spiro atoms. The molecule has 0 aromatic carbocycles. The van der Waals surface area contributed by atoms with Crippen LogP contribution in [0.5, 0.6) is 0 Å². The number of hydrogen-bond acceptors (Lipinski definition) is 4. The maximum absolute atomic E-state index is 11.6. The number of H-pyrrole nitrogens is 2. The third-order valence-electron chi connectivity index (χ3n) is 9.10. The first-order valence-electron chi connectivity index (χ1n) is 14.4. The van der Waals surface area contributed by atoms with Gasteiger partial charge in [0.25, 0.3) is 0 Å². The molecule has 2 aromatic heterocycles. The second kappa shape index (κ2) is 9.91. The number of nitrogens with zero attached hydrogens (tertiary/aromatic N) is 2. The highest BCUT2D eigenvalue weighted by Gasteiger charge is 2.33. The minimum absolute atomic E-state index is 0.0303. The topological polar surface area (TPSA) is 115 Å². The van der Waals surface area contributed by atoms with Crippen molar-refractivity contribution in [3.63, 3.8) is 0 Å². The van der Waals surface area contributed by atoms with Gasteiger partial charge in [0.15, 0.2) is 0 Å². The number of aromatic amines is 2. The zero-order valence-corrected chi connectivity index (χ0v) is 24.3. The maximum Gasteiger partial charge on any atom is 0.303 e. The third kappa shape index (κ3) is 4.14. The fourth-order valence-electron chi connectivity index (χ4n) is 6.82. The number of aliphatic carboxylic acids is 1. The first kappa shape index (κ1) is 26.8. The SMILES string of the molecule is C=CC1=C(C)c2cc3[nH]c(c4c5[nH]c(cc6nc(cc1n2)C(C)=C6CC)c(CC)c5C(O)=C4)[C@@H](CCC(=O)O)[C@@H]3C. The van der Waals surface area contributed by atoms with Gasteiger partial charge in [0.2, 0.25) is 0 Å². The van der Waals surface area contributed by atoms with E-state index < -0.39 is 5.97 Å². The number of aryl methyl sites for hydroxylation is 1. The van der Waals surface area contributed by atoms with Crippen LogP contribution >= 0.6 is 0 Å². The standard InChI is InChI=1S/C34H36N4O3/c1-7-19-16(4)24-13-26-18(6)22(10-11-31(40)41)33(37-26)23-12-30(39)32-21(9-3)29(38-34(23)32)15-28-20(8-2)17(5)25(36-28)14-27(19)35-24/h7,12-15,18,22,37-39H,1,8-11H2,2-6H3,(H,40,41)/t18-,22-/m0/s1. The van der Waals surface area contributed by atoms with Crippen LogP contribution in [0.15, 0.2) is 30.9 Å². The minimum Gasteiger partial charge on any atom is -0.507 e. The van der Waals surface area contributed by atoms with E-state index in [1.54, 1.807) is 0 Å². The highest BCUT2D eigenvalue weighted by atomic mass is 16.4. The molecule has 7 heteroatoms. The third-order valence-corrected chi connectivity index (χ3v) is 9.10. The normalized spacial score (nSPS) is 18.6. The van der Waals surface area contributed by atoms with Gasteiger partial charge in [-0.05, 0) is 79.7 Å². The molecule has 2 aromatic rings. The summed E-state index contributed by atoms with van der Waals surface area (Å²) >= 11 is 0. The molecule has 5 heterocycles. The molecule has 6 rings (SSSR count). The minimum atomic E-state index is -0.819. The first-order valence-corrected chi connectivity index (χ1v) is 14.4. The summed E-state index contributed by atoms with van der Waals surface area (Å²) in [6, 6.07) is 6.23. The molecular formula is C34H36N4O3. The Kier molecular flexibility index (Phi) is 6.48. The molecule has 4 N–H and O–H groups in total. The molecule has 0 unspecified atom stereocenters. The van der Waals surface area contributed by atoms with Gasteiger partial charge >= 0.3 is 5.97 Å². The quantitative estimate of drug-likeness (QED) is 0.291. The van der Waals surface area contributed by atoms with Crippen molar-refractivity contribution < 1.29 is 15.0 Å². The Bertz CT molecular complexity index is 1810. The number of carboxylic acid groups (broad SMARTS) is 1. The van der Waals surface area contributed by atoms with Crippen LogP contribution in [-0.4, -0.2) is 36.1 Å². The number of hydrogen-bond donors (Lipinski definition) is 4. The van der Waals surface area contributed by atoms with Gasteiger partial charge in [-0.15, -0.1) is 0 Å². The summed E-state index contributed by atoms with van der Waals surface area (Å²) in [6.45, 7) is 14.6. The molecule has 210 valence electrons. The van der Waals surface area contributed by atoms with Crippen molar-refractivity contribution in [3.05, 3.63) is 81.7 Å². The van der Waals surface area contributed by atoms with Crippen LogP contribution in [0, 0.1) is 0 Å². The summed E-state index contributed by atoms with van der Waals surface area (Å²) in [7, 11) is 0. The largest absolute Gasteiger partial charge is 0.507 e. The summed E-state index contributed by atoms with van der Waals surface area (Å²) in [6.07, 6.45) is 5.78. The van der Waals surface area contributed by atoms with Crippen molar-refractivity contribution in [2.75, 3.05) is 0 Å². The van der Waals surface area contributed by atoms with Gasteiger partial charge in [-0.3, -0.25) is 4.79 Å². The molecule has 0 saturated heterocycles. The zero-order chi connectivity index (χ0) is 29.2. The number of aliphatic hydroxyl groups is 1. The van der Waals surface area contributed by atoms with Gasteiger partial charge in [0.05, 0.1) is 28.3 Å². The lowest BCUT2D eigenvalue weighted by atomic mass is 9.86. The molecule has 0 saturated carbocycles. The highest BCUT2D eigenvalue weighted by Crippen LogP contribution is 2.46. The Morgan fingerprint density at radius 3 is 2.44 bits per heavy atom. The summed E-state index contributed by atoms with van der Waals surface area (Å²) in [5, 5.41) is 20.7. The summed E-state index contributed by atoms with van der Waals surface area (Å²) in [5.41, 5.74) is 14.3. The summed E-state index contributed by atoms with van der Waals surface area (Å²) in [5.74, 6) is -0.624. The molecule has 0 amide bonds. The van der Waals surface area contributed by atoms with Crippen molar-refractivity contribution in [2.24, 2.45) is 0 Å². The lowest BCUT2D eigenvalue weighted by Crippen LogP contribution is -2.06. The molecule has 41 heavy (non-hydrogen) atoms. The van der Waals surface area contributed by atoms with Crippen LogP contribution < -0.4 is 0 Å². The average molecular weight is 549 g/mol. The van der Waals surface area contributed by atoms with Gasteiger partial charge < -0.3 is 20.2 Å². The molecule has 4 aliphatic rings. The fourth-order valence-corrected chi connectivity index (χ4v) is 6.82. The number of allylic oxidation sites excluding steroid dienone is 5. The van der Waals surface area contributed by atoms with Crippen molar-refractivity contribution in [1.29, 1.82) is 0 Å². The van der Waals surface area contributed by atoms with E-state index in [1.807, 2.05) is 12.2 Å². The predicted molar refractivity (Wildman–Crippen MR) is 166 cm³/mol. The number of nitrogens with one attached hydrogen (secondary N) is 2. The summed E-state index contributed by atoms with van der Waals surface area (Å²) < 4.78 is 0. The number of carboxylic acids is 1. The molecule has 2 atom stereocenters. The number of aliphatic hydroxyl groups excluding tert-OH is 1. The van der Waals surface area contributed by atoms with Crippen molar-refractivity contribution >= 4 is 51.1 Å². The molecule has 1 aliphatic carbocycles. The van der Waals surface area contributed by atoms with Gasteiger partial charge in [0, 0.05) is 51.9 Å². The van der Waals surface area contributed by atoms with E-state index in [9.17, 15) is 15.0 Å². The van der Waals surface area contributed by atoms with Crippen LogP contribution in [0.2, 0.25) is 0 Å². The molecule has 0 fully saturated rings. The molecular weight excluding hydrogens is 512 g/mol. The predicted octanol–water partition coefficient (Wildman–Crippen LogP) is 8.18. The second-order valence-electron chi connectivity index (χ2n) is 11.3. The maximum atomic E-state index is 11.6. The number of fused-ring (bicyclic) bond motifs is 8. The van der Waals surface area contributed by atoms with Crippen LogP contribution in [0.4, 0.5) is 0 Å². The molecule has 7 nitrogen and oxygen atoms in total. The van der Waals surface area contributed by atoms with Crippen LogP contribution in [0.1, 0.15) is 117 Å². The van der Waals surface area contributed by atoms with E-state index >= 15 is 0 Å². The monoisotopic (exact) mass is 548 g/mol. The van der Waals surface area contributed by atoms with E-state index in [1.165, 1.54) is 5.57 Å². The lowest BCUT2D eigenvalue weighted by Gasteiger charge is -2.16. The van der Waals surface area contributed by atoms with E-state index in [-0.39, 0.29) is 24.0 Å². The number of carbonyl (C=O) groups is 1. The van der Waals surface area contributed by atoms with Crippen molar-refractivity contribution in [1.82, 2.24) is 19.9 Å². The van der Waals surface area contributed by atoms with Crippen LogP contribution in [0.3, 0.4) is 0 Å². The Hall–Kier alpha value is -4.39. The Labute approximate surface area is 239 Å². The Balaban J connectivity index is 1.77. The van der Waals surface area contributed by atoms with Crippen molar-refractivity contribution in [3.8, 4) is 0 Å². The van der Waals surface area contributed by atoms with Gasteiger partial charge in [-0.1, -0.05) is 33.4 Å². The summed E-state index contributed by atoms with van der Waals surface area (Å²) in [4.78, 5) is 29.0. The lowest BCUT2D eigenvalue weighted by molar-refractivity contribution is -0.137. The molecule has 0 radical (unpaired) electrons. The van der Waals surface area contributed by atoms with Gasteiger partial charge in [0.1, 0.15) is 5.76 Å². The molecule has 8 bridgehead atoms. The molecule has 3 aliphatic heterocycles. The number of rotatable bonds is 6. The van der Waals surface area contributed by atoms with Gasteiger partial charge in [-0.2, -0.15) is 0 Å².